The van der Waals surface area contributed by atoms with E-state index < -0.39 is 0 Å². The van der Waals surface area contributed by atoms with E-state index in [0.717, 1.165) is 11.3 Å². The van der Waals surface area contributed by atoms with Crippen molar-refractivity contribution in [1.29, 1.82) is 0 Å². The van der Waals surface area contributed by atoms with Crippen molar-refractivity contribution in [2.24, 2.45) is 0 Å². The average Bonchev–Trinajstić information content (AvgIpc) is 3.06. The van der Waals surface area contributed by atoms with E-state index in [1.807, 2.05) is 30.9 Å². The van der Waals surface area contributed by atoms with Crippen LogP contribution in [0.1, 0.15) is 36.7 Å². The van der Waals surface area contributed by atoms with Gasteiger partial charge in [0.15, 0.2) is 0 Å². The Hall–Kier alpha value is -2.07. The Morgan fingerprint density at radius 1 is 1.17 bits per heavy atom. The van der Waals surface area contributed by atoms with Gasteiger partial charge < -0.3 is 14.1 Å². The zero-order chi connectivity index (χ0) is 17.1. The molecule has 0 radical (unpaired) electrons. The summed E-state index contributed by atoms with van der Waals surface area (Å²) < 4.78 is 11.1. The van der Waals surface area contributed by atoms with Crippen LogP contribution in [0.2, 0.25) is 0 Å². The van der Waals surface area contributed by atoms with E-state index in [9.17, 15) is 4.79 Å². The highest BCUT2D eigenvalue weighted by atomic mass is 16.5. The molecule has 0 N–H and O–H groups in total. The summed E-state index contributed by atoms with van der Waals surface area (Å²) >= 11 is 0. The summed E-state index contributed by atoms with van der Waals surface area (Å²) in [6, 6.07) is 12.2. The molecule has 3 rings (SSSR count). The van der Waals surface area contributed by atoms with Crippen molar-refractivity contribution in [2.75, 3.05) is 13.2 Å². The minimum Gasteiger partial charge on any atom is -0.469 e. The smallest absolute Gasteiger partial charge is 0.231 e. The number of carbonyl (C=O) groups is 1. The van der Waals surface area contributed by atoms with E-state index in [2.05, 4.69) is 31.2 Å². The normalized spacial score (nSPS) is 22.4. The molecular formula is C20H25NO3. The Morgan fingerprint density at radius 2 is 1.83 bits per heavy atom. The molecule has 24 heavy (non-hydrogen) atoms. The SMILES string of the molecule is Cc1ccc(C(Cc2ccco2)C(=O)N2C(C)COCC2C)cc1. The van der Waals surface area contributed by atoms with E-state index >= 15 is 0 Å². The van der Waals surface area contributed by atoms with Crippen LogP contribution in [0.4, 0.5) is 0 Å². The van der Waals surface area contributed by atoms with E-state index in [4.69, 9.17) is 9.15 Å². The summed E-state index contributed by atoms with van der Waals surface area (Å²) in [5.41, 5.74) is 2.23. The molecule has 3 unspecified atom stereocenters. The highest BCUT2D eigenvalue weighted by Gasteiger charge is 2.35. The zero-order valence-electron chi connectivity index (χ0n) is 14.6. The molecule has 0 saturated carbocycles. The molecule has 0 aliphatic carbocycles. The van der Waals surface area contributed by atoms with Gasteiger partial charge in [0.25, 0.3) is 0 Å². The van der Waals surface area contributed by atoms with Crippen molar-refractivity contribution in [3.05, 3.63) is 59.5 Å². The molecule has 1 aromatic heterocycles. The fourth-order valence-electron chi connectivity index (χ4n) is 3.39. The number of aryl methyl sites for hydroxylation is 1. The Labute approximate surface area is 143 Å². The second kappa shape index (κ2) is 7.22. The number of amides is 1. The van der Waals surface area contributed by atoms with E-state index in [1.54, 1.807) is 6.26 Å². The fourth-order valence-corrected chi connectivity index (χ4v) is 3.39. The summed E-state index contributed by atoms with van der Waals surface area (Å²) in [4.78, 5) is 15.3. The molecule has 4 heteroatoms. The van der Waals surface area contributed by atoms with Gasteiger partial charge in [-0.1, -0.05) is 29.8 Å². The van der Waals surface area contributed by atoms with Gasteiger partial charge in [0.1, 0.15) is 5.76 Å². The van der Waals surface area contributed by atoms with Crippen LogP contribution in [-0.2, 0) is 16.0 Å². The number of hydrogen-bond acceptors (Lipinski definition) is 3. The maximum absolute atomic E-state index is 13.4. The van der Waals surface area contributed by atoms with Crippen molar-refractivity contribution in [2.45, 2.75) is 45.2 Å². The molecular weight excluding hydrogens is 302 g/mol. The maximum Gasteiger partial charge on any atom is 0.231 e. The van der Waals surface area contributed by atoms with Gasteiger partial charge >= 0.3 is 0 Å². The van der Waals surface area contributed by atoms with Gasteiger partial charge in [0, 0.05) is 6.42 Å². The molecule has 1 aliphatic rings. The minimum absolute atomic E-state index is 0.0887. The number of ether oxygens (including phenoxy) is 1. The summed E-state index contributed by atoms with van der Waals surface area (Å²) in [7, 11) is 0. The molecule has 1 amide bonds. The number of morpholine rings is 1. The first-order valence-electron chi connectivity index (χ1n) is 8.55. The van der Waals surface area contributed by atoms with Gasteiger partial charge in [0.05, 0.1) is 37.5 Å². The fraction of sp³-hybridized carbons (Fsp3) is 0.450. The Kier molecular flexibility index (Phi) is 5.05. The molecule has 2 heterocycles. The van der Waals surface area contributed by atoms with Crippen LogP contribution in [0.15, 0.2) is 47.1 Å². The van der Waals surface area contributed by atoms with Gasteiger partial charge in [0.2, 0.25) is 5.91 Å². The maximum atomic E-state index is 13.4. The van der Waals surface area contributed by atoms with E-state index in [-0.39, 0.29) is 23.9 Å². The standard InChI is InChI=1S/C20H25NO3/c1-14-6-8-17(9-7-14)19(11-18-5-4-10-24-18)20(22)21-15(2)12-23-13-16(21)3/h4-10,15-16,19H,11-13H2,1-3H3. The average molecular weight is 327 g/mol. The predicted molar refractivity (Wildman–Crippen MR) is 92.9 cm³/mol. The van der Waals surface area contributed by atoms with Crippen molar-refractivity contribution in [3.8, 4) is 0 Å². The zero-order valence-corrected chi connectivity index (χ0v) is 14.6. The third-order valence-electron chi connectivity index (χ3n) is 4.69. The number of furan rings is 1. The minimum atomic E-state index is -0.236. The Balaban J connectivity index is 1.90. The van der Waals surface area contributed by atoms with Crippen LogP contribution in [0, 0.1) is 6.92 Å². The van der Waals surface area contributed by atoms with Crippen LogP contribution < -0.4 is 0 Å². The second-order valence-corrected chi connectivity index (χ2v) is 6.73. The highest BCUT2D eigenvalue weighted by molar-refractivity contribution is 5.84. The predicted octanol–water partition coefficient (Wildman–Crippen LogP) is 3.55. The van der Waals surface area contributed by atoms with Crippen molar-refractivity contribution >= 4 is 5.91 Å². The van der Waals surface area contributed by atoms with Crippen LogP contribution >= 0.6 is 0 Å². The molecule has 3 atom stereocenters. The molecule has 2 aromatic rings. The number of benzene rings is 1. The van der Waals surface area contributed by atoms with E-state index in [0.29, 0.717) is 19.6 Å². The molecule has 1 fully saturated rings. The summed E-state index contributed by atoms with van der Waals surface area (Å²) in [6.45, 7) is 7.34. The molecule has 1 saturated heterocycles. The van der Waals surface area contributed by atoms with Crippen molar-refractivity contribution in [1.82, 2.24) is 4.90 Å². The van der Waals surface area contributed by atoms with Gasteiger partial charge in [-0.15, -0.1) is 0 Å². The quantitative estimate of drug-likeness (QED) is 0.862. The van der Waals surface area contributed by atoms with Crippen LogP contribution in [0.3, 0.4) is 0 Å². The third kappa shape index (κ3) is 3.54. The van der Waals surface area contributed by atoms with Crippen LogP contribution in [0.25, 0.3) is 0 Å². The van der Waals surface area contributed by atoms with Crippen LogP contribution in [-0.4, -0.2) is 36.1 Å². The van der Waals surface area contributed by atoms with Gasteiger partial charge in [-0.2, -0.15) is 0 Å². The lowest BCUT2D eigenvalue weighted by atomic mass is 9.91. The Morgan fingerprint density at radius 3 is 2.42 bits per heavy atom. The molecule has 0 bridgehead atoms. The molecule has 0 spiro atoms. The Bertz CT molecular complexity index is 653. The van der Waals surface area contributed by atoms with Gasteiger partial charge in [-0.25, -0.2) is 0 Å². The molecule has 4 nitrogen and oxygen atoms in total. The number of rotatable bonds is 4. The highest BCUT2D eigenvalue weighted by Crippen LogP contribution is 2.27. The lowest BCUT2D eigenvalue weighted by Gasteiger charge is -2.40. The van der Waals surface area contributed by atoms with Gasteiger partial charge in [-0.3, -0.25) is 4.79 Å². The summed E-state index contributed by atoms with van der Waals surface area (Å²) in [5.74, 6) is 0.751. The summed E-state index contributed by atoms with van der Waals surface area (Å²) in [5, 5.41) is 0. The van der Waals surface area contributed by atoms with Crippen molar-refractivity contribution in [3.63, 3.8) is 0 Å². The number of hydrogen-bond donors (Lipinski definition) is 0. The first kappa shape index (κ1) is 16.8. The monoisotopic (exact) mass is 327 g/mol. The molecule has 1 aromatic carbocycles. The van der Waals surface area contributed by atoms with E-state index in [1.165, 1.54) is 5.56 Å². The number of carbonyl (C=O) groups excluding carboxylic acids is 1. The lowest BCUT2D eigenvalue weighted by molar-refractivity contribution is -0.145. The van der Waals surface area contributed by atoms with Crippen LogP contribution in [0.5, 0.6) is 0 Å². The third-order valence-corrected chi connectivity index (χ3v) is 4.69. The molecule has 1 aliphatic heterocycles. The topological polar surface area (TPSA) is 42.7 Å². The van der Waals surface area contributed by atoms with Gasteiger partial charge in [-0.05, 0) is 38.5 Å². The number of nitrogens with zero attached hydrogens (tertiary/aromatic N) is 1. The van der Waals surface area contributed by atoms with Crippen molar-refractivity contribution < 1.29 is 13.9 Å². The molecule has 128 valence electrons. The first-order chi connectivity index (χ1) is 11.6. The largest absolute Gasteiger partial charge is 0.469 e. The first-order valence-corrected chi connectivity index (χ1v) is 8.55. The summed E-state index contributed by atoms with van der Waals surface area (Å²) in [6.07, 6.45) is 2.23. The second-order valence-electron chi connectivity index (χ2n) is 6.73. The lowest BCUT2D eigenvalue weighted by Crippen LogP contribution is -2.54.